The summed E-state index contributed by atoms with van der Waals surface area (Å²) in [7, 11) is 0. The van der Waals surface area contributed by atoms with Gasteiger partial charge >= 0.3 is 0 Å². The second-order valence-electron chi connectivity index (χ2n) is 8.35. The van der Waals surface area contributed by atoms with Crippen LogP contribution in [-0.2, 0) is 11.3 Å². The highest BCUT2D eigenvalue weighted by Gasteiger charge is 2.19. The van der Waals surface area contributed by atoms with E-state index in [0.717, 1.165) is 51.1 Å². The van der Waals surface area contributed by atoms with Gasteiger partial charge in [-0.25, -0.2) is 9.07 Å². The van der Waals surface area contributed by atoms with Crippen molar-refractivity contribution in [1.82, 2.24) is 15.1 Å². The summed E-state index contributed by atoms with van der Waals surface area (Å²) in [4.78, 5) is 28.9. The first-order valence-electron chi connectivity index (χ1n) is 11.4. The van der Waals surface area contributed by atoms with Gasteiger partial charge in [0.1, 0.15) is 18.2 Å². The first kappa shape index (κ1) is 22.0. The molecule has 1 aliphatic carbocycles. The average molecular weight is 440 g/mol. The molecule has 4 rings (SSSR count). The van der Waals surface area contributed by atoms with Crippen LogP contribution in [0.5, 0.6) is 0 Å². The Morgan fingerprint density at radius 3 is 2.47 bits per heavy atom. The summed E-state index contributed by atoms with van der Waals surface area (Å²) in [6.45, 7) is 3.49. The summed E-state index contributed by atoms with van der Waals surface area (Å²) < 4.78 is 14.4. The average Bonchev–Trinajstić information content (AvgIpc) is 2.82. The largest absolute Gasteiger partial charge is 0.368 e. The van der Waals surface area contributed by atoms with Crippen molar-refractivity contribution in [3.8, 4) is 0 Å². The molecule has 32 heavy (non-hydrogen) atoms. The van der Waals surface area contributed by atoms with Crippen LogP contribution >= 0.6 is 0 Å². The minimum absolute atomic E-state index is 0.0821. The molecular formula is C24H30FN5O2. The number of benzene rings is 1. The Morgan fingerprint density at radius 2 is 1.75 bits per heavy atom. The zero-order chi connectivity index (χ0) is 22.3. The monoisotopic (exact) mass is 439 g/mol. The van der Waals surface area contributed by atoms with Gasteiger partial charge in [-0.3, -0.25) is 9.59 Å². The summed E-state index contributed by atoms with van der Waals surface area (Å²) >= 11 is 0. The molecule has 1 aromatic carbocycles. The number of halogens is 1. The molecule has 0 atom stereocenters. The van der Waals surface area contributed by atoms with Crippen LogP contribution in [0.4, 0.5) is 15.9 Å². The van der Waals surface area contributed by atoms with Gasteiger partial charge in [-0.15, -0.1) is 0 Å². The Bertz CT molecular complexity index is 1010. The summed E-state index contributed by atoms with van der Waals surface area (Å²) in [5.41, 5.74) is 2.11. The molecule has 0 bridgehead atoms. The third-order valence-corrected chi connectivity index (χ3v) is 6.09. The number of rotatable bonds is 7. The number of carbonyl (C=O) groups excluding carboxylic acids is 1. The van der Waals surface area contributed by atoms with E-state index in [0.29, 0.717) is 12.4 Å². The van der Waals surface area contributed by atoms with Gasteiger partial charge in [-0.2, -0.15) is 5.10 Å². The van der Waals surface area contributed by atoms with Crippen molar-refractivity contribution in [2.45, 2.75) is 38.6 Å². The quantitative estimate of drug-likeness (QED) is 0.672. The highest BCUT2D eigenvalue weighted by molar-refractivity contribution is 5.75. The maximum atomic E-state index is 13.2. The molecule has 0 saturated carbocycles. The molecule has 1 N–H and O–H groups in total. The minimum atomic E-state index is -0.288. The molecule has 1 amide bonds. The molecule has 0 radical (unpaired) electrons. The first-order valence-corrected chi connectivity index (χ1v) is 11.4. The summed E-state index contributed by atoms with van der Waals surface area (Å²) in [6.07, 6.45) is 7.88. The van der Waals surface area contributed by atoms with Crippen molar-refractivity contribution >= 4 is 17.4 Å². The van der Waals surface area contributed by atoms with Crippen molar-refractivity contribution in [2.75, 3.05) is 42.5 Å². The van der Waals surface area contributed by atoms with Gasteiger partial charge in [0.05, 0.1) is 0 Å². The fraction of sp³-hybridized carbons (Fsp3) is 0.458. The number of anilines is 2. The summed E-state index contributed by atoms with van der Waals surface area (Å²) in [5, 5.41) is 7.34. The van der Waals surface area contributed by atoms with E-state index in [-0.39, 0.29) is 23.8 Å². The van der Waals surface area contributed by atoms with E-state index >= 15 is 0 Å². The number of nitrogens with zero attached hydrogens (tertiary/aromatic N) is 4. The van der Waals surface area contributed by atoms with E-state index in [1.165, 1.54) is 41.3 Å². The fourth-order valence-corrected chi connectivity index (χ4v) is 4.25. The summed E-state index contributed by atoms with van der Waals surface area (Å²) in [6, 6.07) is 9.68. The zero-order valence-corrected chi connectivity index (χ0v) is 18.3. The number of piperazine rings is 1. The van der Waals surface area contributed by atoms with Crippen LogP contribution in [-0.4, -0.2) is 48.4 Å². The maximum absolute atomic E-state index is 13.2. The number of carbonyl (C=O) groups is 1. The molecule has 2 aromatic rings. The van der Waals surface area contributed by atoms with Crippen LogP contribution in [0.1, 0.15) is 32.1 Å². The molecule has 1 aliphatic heterocycles. The smallest absolute Gasteiger partial charge is 0.267 e. The van der Waals surface area contributed by atoms with E-state index in [2.05, 4.69) is 26.3 Å². The lowest BCUT2D eigenvalue weighted by molar-refractivity contribution is -0.121. The standard InChI is InChI=1S/C24H30FN5O2/c25-20-6-8-21(9-7-20)28-14-16-29(17-15-28)22-10-11-24(32)30(27-22)18-23(31)26-13-12-19-4-2-1-3-5-19/h4,6-11H,1-3,5,12-18H2,(H,26,31). The Balaban J connectivity index is 1.30. The van der Waals surface area contributed by atoms with Gasteiger partial charge in [0.25, 0.3) is 5.56 Å². The molecule has 2 heterocycles. The predicted molar refractivity (Wildman–Crippen MR) is 124 cm³/mol. The molecule has 1 fully saturated rings. The topological polar surface area (TPSA) is 70.5 Å². The lowest BCUT2D eigenvalue weighted by Crippen LogP contribution is -2.47. The van der Waals surface area contributed by atoms with Crippen LogP contribution in [0, 0.1) is 5.82 Å². The number of hydrogen-bond donors (Lipinski definition) is 1. The second kappa shape index (κ2) is 10.4. The lowest BCUT2D eigenvalue weighted by Gasteiger charge is -2.36. The van der Waals surface area contributed by atoms with E-state index in [9.17, 15) is 14.0 Å². The van der Waals surface area contributed by atoms with Gasteiger partial charge in [0, 0.05) is 44.5 Å². The van der Waals surface area contributed by atoms with Crippen molar-refractivity contribution in [3.63, 3.8) is 0 Å². The number of nitrogens with one attached hydrogen (secondary N) is 1. The number of amides is 1. The van der Waals surface area contributed by atoms with Crippen LogP contribution in [0.3, 0.4) is 0 Å². The zero-order valence-electron chi connectivity index (χ0n) is 18.3. The highest BCUT2D eigenvalue weighted by Crippen LogP contribution is 2.20. The van der Waals surface area contributed by atoms with Crippen LogP contribution in [0.2, 0.25) is 0 Å². The van der Waals surface area contributed by atoms with Gasteiger partial charge in [0.2, 0.25) is 5.91 Å². The number of hydrogen-bond acceptors (Lipinski definition) is 5. The molecular weight excluding hydrogens is 409 g/mol. The third-order valence-electron chi connectivity index (χ3n) is 6.09. The molecule has 0 spiro atoms. The van der Waals surface area contributed by atoms with Gasteiger partial charge in [0.15, 0.2) is 0 Å². The maximum Gasteiger partial charge on any atom is 0.267 e. The van der Waals surface area contributed by atoms with Crippen LogP contribution in [0.15, 0.2) is 52.8 Å². The van der Waals surface area contributed by atoms with E-state index in [4.69, 9.17) is 0 Å². The Kier molecular flexibility index (Phi) is 7.19. The van der Waals surface area contributed by atoms with Gasteiger partial charge in [-0.05, 0) is 62.4 Å². The van der Waals surface area contributed by atoms with Gasteiger partial charge < -0.3 is 15.1 Å². The van der Waals surface area contributed by atoms with Crippen molar-refractivity contribution < 1.29 is 9.18 Å². The molecule has 7 nitrogen and oxygen atoms in total. The van der Waals surface area contributed by atoms with E-state index < -0.39 is 0 Å². The molecule has 2 aliphatic rings. The minimum Gasteiger partial charge on any atom is -0.368 e. The Labute approximate surface area is 187 Å². The highest BCUT2D eigenvalue weighted by atomic mass is 19.1. The number of aromatic nitrogens is 2. The summed E-state index contributed by atoms with van der Waals surface area (Å²) in [5.74, 6) is 0.242. The second-order valence-corrected chi connectivity index (χ2v) is 8.35. The fourth-order valence-electron chi connectivity index (χ4n) is 4.25. The van der Waals surface area contributed by atoms with Crippen molar-refractivity contribution in [2.24, 2.45) is 0 Å². The Morgan fingerprint density at radius 1 is 1.00 bits per heavy atom. The lowest BCUT2D eigenvalue weighted by atomic mass is 9.97. The predicted octanol–water partition coefficient (Wildman–Crippen LogP) is 2.72. The SMILES string of the molecule is O=C(Cn1nc(N2CCN(c3ccc(F)cc3)CC2)ccc1=O)NCCC1=CCCCC1. The van der Waals surface area contributed by atoms with Crippen LogP contribution in [0.25, 0.3) is 0 Å². The van der Waals surface area contributed by atoms with Crippen LogP contribution < -0.4 is 20.7 Å². The normalized spacial score (nSPS) is 16.6. The van der Waals surface area contributed by atoms with E-state index in [1.807, 2.05) is 0 Å². The molecule has 8 heteroatoms. The molecule has 1 saturated heterocycles. The van der Waals surface area contributed by atoms with Crippen molar-refractivity contribution in [1.29, 1.82) is 0 Å². The third kappa shape index (κ3) is 5.75. The van der Waals surface area contributed by atoms with Crippen molar-refractivity contribution in [3.05, 3.63) is 64.2 Å². The first-order chi connectivity index (χ1) is 15.6. The van der Waals surface area contributed by atoms with Gasteiger partial charge in [-0.1, -0.05) is 11.6 Å². The molecule has 1 aromatic heterocycles. The van der Waals surface area contributed by atoms with E-state index in [1.54, 1.807) is 18.2 Å². The Hall–Kier alpha value is -3.16. The molecule has 0 unspecified atom stereocenters. The molecule has 170 valence electrons. The number of allylic oxidation sites excluding steroid dienone is 1.